The average Bonchev–Trinajstić information content (AvgIpc) is 2.42. The minimum atomic E-state index is -3.67. The summed E-state index contributed by atoms with van der Waals surface area (Å²) in [6, 6.07) is 9.77. The Labute approximate surface area is 125 Å². The highest BCUT2D eigenvalue weighted by molar-refractivity contribution is 9.10. The second kappa shape index (κ2) is 6.34. The normalized spacial score (nSPS) is 11.3. The SMILES string of the molecule is O=S(=O)(Nc1ncccc1Br)c1ccc(CCO)cc1. The lowest BCUT2D eigenvalue weighted by Crippen LogP contribution is -2.14. The number of sulfonamides is 1. The molecule has 5 nitrogen and oxygen atoms in total. The van der Waals surface area contributed by atoms with E-state index in [-0.39, 0.29) is 17.3 Å². The van der Waals surface area contributed by atoms with Crippen LogP contribution in [0.25, 0.3) is 0 Å². The van der Waals surface area contributed by atoms with Crippen molar-refractivity contribution in [3.63, 3.8) is 0 Å². The van der Waals surface area contributed by atoms with Crippen LogP contribution in [0.4, 0.5) is 5.82 Å². The summed E-state index contributed by atoms with van der Waals surface area (Å²) < 4.78 is 27.4. The summed E-state index contributed by atoms with van der Waals surface area (Å²) in [5.41, 5.74) is 0.880. The van der Waals surface area contributed by atoms with Gasteiger partial charge in [-0.05, 0) is 52.2 Å². The van der Waals surface area contributed by atoms with Crippen LogP contribution in [0.2, 0.25) is 0 Å². The second-order valence-electron chi connectivity index (χ2n) is 4.06. The largest absolute Gasteiger partial charge is 0.396 e. The number of aliphatic hydroxyl groups excluding tert-OH is 1. The van der Waals surface area contributed by atoms with Crippen LogP contribution < -0.4 is 4.72 Å². The molecule has 7 heteroatoms. The Balaban J connectivity index is 2.24. The van der Waals surface area contributed by atoms with Crippen LogP contribution in [-0.4, -0.2) is 25.1 Å². The molecule has 1 aromatic carbocycles. The first-order chi connectivity index (χ1) is 9.53. The molecule has 0 saturated heterocycles. The molecule has 20 heavy (non-hydrogen) atoms. The molecule has 0 aliphatic carbocycles. The van der Waals surface area contributed by atoms with E-state index in [1.165, 1.54) is 18.3 Å². The van der Waals surface area contributed by atoms with Crippen molar-refractivity contribution in [1.29, 1.82) is 0 Å². The molecule has 106 valence electrons. The molecule has 0 saturated carbocycles. The number of hydrogen-bond acceptors (Lipinski definition) is 4. The molecule has 0 unspecified atom stereocenters. The Hall–Kier alpha value is -1.44. The minimum absolute atomic E-state index is 0.0330. The number of aliphatic hydroxyl groups is 1. The van der Waals surface area contributed by atoms with Crippen LogP contribution >= 0.6 is 15.9 Å². The molecule has 0 aliphatic rings. The van der Waals surface area contributed by atoms with Gasteiger partial charge in [-0.25, -0.2) is 13.4 Å². The maximum Gasteiger partial charge on any atom is 0.263 e. The van der Waals surface area contributed by atoms with E-state index < -0.39 is 10.0 Å². The molecule has 1 aromatic heterocycles. The van der Waals surface area contributed by atoms with Gasteiger partial charge >= 0.3 is 0 Å². The van der Waals surface area contributed by atoms with Crippen LogP contribution in [0.3, 0.4) is 0 Å². The van der Waals surface area contributed by atoms with Crippen LogP contribution in [0.5, 0.6) is 0 Å². The highest BCUT2D eigenvalue weighted by Crippen LogP contribution is 2.22. The monoisotopic (exact) mass is 356 g/mol. The topological polar surface area (TPSA) is 79.3 Å². The number of pyridine rings is 1. The summed E-state index contributed by atoms with van der Waals surface area (Å²) in [6.07, 6.45) is 2.01. The Morgan fingerprint density at radius 2 is 1.90 bits per heavy atom. The number of nitrogens with one attached hydrogen (secondary N) is 1. The molecule has 0 amide bonds. The number of aromatic nitrogens is 1. The molecule has 0 aliphatic heterocycles. The Bertz CT molecular complexity index is 687. The molecule has 0 atom stereocenters. The summed E-state index contributed by atoms with van der Waals surface area (Å²) in [6.45, 7) is 0.0330. The van der Waals surface area contributed by atoms with Crippen molar-refractivity contribution in [3.05, 3.63) is 52.6 Å². The summed E-state index contributed by atoms with van der Waals surface area (Å²) in [5.74, 6) is 0.243. The number of nitrogens with zero attached hydrogens (tertiary/aromatic N) is 1. The average molecular weight is 357 g/mol. The van der Waals surface area contributed by atoms with E-state index in [1.54, 1.807) is 24.3 Å². The van der Waals surface area contributed by atoms with Crippen molar-refractivity contribution in [3.8, 4) is 0 Å². The first-order valence-electron chi connectivity index (χ1n) is 5.86. The first-order valence-corrected chi connectivity index (χ1v) is 8.14. The third-order valence-electron chi connectivity index (χ3n) is 2.62. The Morgan fingerprint density at radius 3 is 2.50 bits per heavy atom. The molecule has 1 heterocycles. The summed E-state index contributed by atoms with van der Waals surface area (Å²) in [5, 5.41) is 8.83. The minimum Gasteiger partial charge on any atom is -0.396 e. The third kappa shape index (κ3) is 3.56. The van der Waals surface area contributed by atoms with Gasteiger partial charge in [0.2, 0.25) is 0 Å². The summed E-state index contributed by atoms with van der Waals surface area (Å²) >= 11 is 3.24. The van der Waals surface area contributed by atoms with Gasteiger partial charge in [-0.1, -0.05) is 12.1 Å². The van der Waals surface area contributed by atoms with Crippen molar-refractivity contribution in [2.75, 3.05) is 11.3 Å². The van der Waals surface area contributed by atoms with Crippen molar-refractivity contribution in [1.82, 2.24) is 4.98 Å². The lowest BCUT2D eigenvalue weighted by Gasteiger charge is -2.09. The molecular weight excluding hydrogens is 344 g/mol. The molecule has 2 aromatic rings. The van der Waals surface area contributed by atoms with Gasteiger partial charge in [-0.3, -0.25) is 4.72 Å². The van der Waals surface area contributed by atoms with Crippen molar-refractivity contribution < 1.29 is 13.5 Å². The Kier molecular flexibility index (Phi) is 4.74. The molecule has 2 N–H and O–H groups in total. The quantitative estimate of drug-likeness (QED) is 0.860. The summed E-state index contributed by atoms with van der Waals surface area (Å²) in [7, 11) is -3.67. The van der Waals surface area contributed by atoms with Crippen LogP contribution in [0, 0.1) is 0 Å². The van der Waals surface area contributed by atoms with E-state index in [4.69, 9.17) is 5.11 Å². The van der Waals surface area contributed by atoms with Gasteiger partial charge in [0.1, 0.15) is 0 Å². The van der Waals surface area contributed by atoms with Crippen LogP contribution in [0.15, 0.2) is 52.0 Å². The zero-order valence-corrected chi connectivity index (χ0v) is 12.9. The van der Waals surface area contributed by atoms with E-state index >= 15 is 0 Å². The number of rotatable bonds is 5. The second-order valence-corrected chi connectivity index (χ2v) is 6.59. The number of hydrogen-bond donors (Lipinski definition) is 2. The lowest BCUT2D eigenvalue weighted by molar-refractivity contribution is 0.299. The standard InChI is InChI=1S/C13H13BrN2O3S/c14-12-2-1-8-15-13(12)16-20(18,19)11-5-3-10(4-6-11)7-9-17/h1-6,8,17H,7,9H2,(H,15,16). The van der Waals surface area contributed by atoms with Gasteiger partial charge in [0.25, 0.3) is 10.0 Å². The van der Waals surface area contributed by atoms with Crippen molar-refractivity contribution >= 4 is 31.8 Å². The van der Waals surface area contributed by atoms with Gasteiger partial charge in [-0.15, -0.1) is 0 Å². The highest BCUT2D eigenvalue weighted by Gasteiger charge is 2.16. The zero-order valence-electron chi connectivity index (χ0n) is 10.5. The van der Waals surface area contributed by atoms with Gasteiger partial charge in [0.05, 0.1) is 9.37 Å². The summed E-state index contributed by atoms with van der Waals surface area (Å²) in [4.78, 5) is 4.12. The van der Waals surface area contributed by atoms with E-state index in [2.05, 4.69) is 25.6 Å². The van der Waals surface area contributed by atoms with Crippen molar-refractivity contribution in [2.45, 2.75) is 11.3 Å². The zero-order chi connectivity index (χ0) is 14.6. The molecule has 0 bridgehead atoms. The fourth-order valence-corrected chi connectivity index (χ4v) is 3.13. The third-order valence-corrected chi connectivity index (χ3v) is 4.62. The smallest absolute Gasteiger partial charge is 0.263 e. The molecule has 2 rings (SSSR count). The predicted octanol–water partition coefficient (Wildman–Crippen LogP) is 2.18. The first kappa shape index (κ1) is 15.0. The maximum absolute atomic E-state index is 12.2. The van der Waals surface area contributed by atoms with Crippen molar-refractivity contribution in [2.24, 2.45) is 0 Å². The van der Waals surface area contributed by atoms with E-state index in [9.17, 15) is 8.42 Å². The van der Waals surface area contributed by atoms with Crippen LogP contribution in [-0.2, 0) is 16.4 Å². The number of halogens is 1. The van der Waals surface area contributed by atoms with E-state index in [1.807, 2.05) is 0 Å². The molecule has 0 radical (unpaired) electrons. The number of benzene rings is 1. The maximum atomic E-state index is 12.2. The number of anilines is 1. The fraction of sp³-hybridized carbons (Fsp3) is 0.154. The molecular formula is C13H13BrN2O3S. The van der Waals surface area contributed by atoms with E-state index in [0.717, 1.165) is 5.56 Å². The van der Waals surface area contributed by atoms with Gasteiger partial charge < -0.3 is 5.11 Å². The van der Waals surface area contributed by atoms with Gasteiger partial charge in [0, 0.05) is 12.8 Å². The van der Waals surface area contributed by atoms with Gasteiger partial charge in [-0.2, -0.15) is 0 Å². The predicted molar refractivity (Wildman–Crippen MR) is 80.0 cm³/mol. The molecule has 0 spiro atoms. The lowest BCUT2D eigenvalue weighted by atomic mass is 10.2. The fourth-order valence-electron chi connectivity index (χ4n) is 1.61. The van der Waals surface area contributed by atoms with Crippen LogP contribution in [0.1, 0.15) is 5.56 Å². The highest BCUT2D eigenvalue weighted by atomic mass is 79.9. The molecule has 0 fully saturated rings. The van der Waals surface area contributed by atoms with Gasteiger partial charge in [0.15, 0.2) is 5.82 Å². The Morgan fingerprint density at radius 1 is 1.20 bits per heavy atom. The van der Waals surface area contributed by atoms with E-state index in [0.29, 0.717) is 10.9 Å².